The Hall–Kier alpha value is -2.62. The van der Waals surface area contributed by atoms with E-state index >= 15 is 0 Å². The number of aryl methyl sites for hydroxylation is 2. The molecule has 2 aromatic heterocycles. The molecule has 168 valence electrons. The maximum absolute atomic E-state index is 13.0. The maximum Gasteiger partial charge on any atom is 0.263 e. The van der Waals surface area contributed by atoms with Crippen LogP contribution in [0, 0.1) is 13.8 Å². The van der Waals surface area contributed by atoms with Gasteiger partial charge < -0.3 is 10.2 Å². The monoisotopic (exact) mass is 490 g/mol. The van der Waals surface area contributed by atoms with Crippen molar-refractivity contribution in [3.05, 3.63) is 62.7 Å². The molecule has 10 heteroatoms. The van der Waals surface area contributed by atoms with Crippen LogP contribution in [0.5, 0.6) is 0 Å². The van der Waals surface area contributed by atoms with Crippen LogP contribution in [0.4, 0.5) is 5.69 Å². The van der Waals surface area contributed by atoms with Gasteiger partial charge in [0.15, 0.2) is 5.16 Å². The van der Waals surface area contributed by atoms with E-state index in [9.17, 15) is 14.4 Å². The van der Waals surface area contributed by atoms with E-state index in [1.807, 2.05) is 13.8 Å². The third-order valence-electron chi connectivity index (χ3n) is 4.84. The van der Waals surface area contributed by atoms with Gasteiger partial charge in [-0.15, -0.1) is 17.9 Å². The van der Waals surface area contributed by atoms with Crippen molar-refractivity contribution >= 4 is 62.4 Å². The number of thiophene rings is 1. The van der Waals surface area contributed by atoms with Crippen molar-refractivity contribution in [2.45, 2.75) is 25.5 Å². The van der Waals surface area contributed by atoms with Crippen molar-refractivity contribution in [1.82, 2.24) is 14.5 Å². The Morgan fingerprint density at radius 2 is 2.06 bits per heavy atom. The number of hydrogen-bond donors (Lipinski definition) is 1. The molecule has 0 spiro atoms. The van der Waals surface area contributed by atoms with E-state index in [2.05, 4.69) is 16.9 Å². The van der Waals surface area contributed by atoms with E-state index in [1.165, 1.54) is 32.6 Å². The SMILES string of the molecule is C=CCn1c(SCC(=O)N(C)CC(=O)Nc2ccccc2Cl)nc2sc(C)c(C)c2c1=O. The molecule has 32 heavy (non-hydrogen) atoms. The number of carbonyl (C=O) groups excluding carboxylic acids is 2. The van der Waals surface area contributed by atoms with Gasteiger partial charge in [0.1, 0.15) is 4.83 Å². The summed E-state index contributed by atoms with van der Waals surface area (Å²) >= 11 is 8.68. The molecule has 0 unspecified atom stereocenters. The number of para-hydroxylation sites is 1. The summed E-state index contributed by atoms with van der Waals surface area (Å²) in [5.41, 5.74) is 1.28. The van der Waals surface area contributed by atoms with Crippen LogP contribution in [0.25, 0.3) is 10.2 Å². The molecule has 3 rings (SSSR count). The number of fused-ring (bicyclic) bond motifs is 1. The first-order valence-corrected chi connectivity index (χ1v) is 11.9. The summed E-state index contributed by atoms with van der Waals surface area (Å²) < 4.78 is 1.52. The lowest BCUT2D eigenvalue weighted by molar-refractivity contribution is -0.131. The van der Waals surface area contributed by atoms with E-state index in [-0.39, 0.29) is 29.7 Å². The zero-order valence-corrected chi connectivity index (χ0v) is 20.4. The Balaban J connectivity index is 1.70. The van der Waals surface area contributed by atoms with Crippen LogP contribution in [0.15, 0.2) is 46.9 Å². The van der Waals surface area contributed by atoms with Crippen molar-refractivity contribution in [2.75, 3.05) is 24.7 Å². The number of likely N-dealkylation sites (N-methyl/N-ethyl adjacent to an activating group) is 1. The molecule has 0 saturated heterocycles. The molecule has 0 aliphatic heterocycles. The minimum atomic E-state index is -0.355. The Bertz CT molecular complexity index is 1250. The first-order valence-electron chi connectivity index (χ1n) is 9.75. The smallest absolute Gasteiger partial charge is 0.263 e. The minimum absolute atomic E-state index is 0.0360. The predicted octanol–water partition coefficient (Wildman–Crippen LogP) is 4.10. The number of amides is 2. The lowest BCUT2D eigenvalue weighted by Crippen LogP contribution is -2.36. The fourth-order valence-corrected chi connectivity index (χ4v) is 5.20. The van der Waals surface area contributed by atoms with E-state index in [4.69, 9.17) is 11.6 Å². The van der Waals surface area contributed by atoms with Crippen molar-refractivity contribution in [3.8, 4) is 0 Å². The molecule has 2 heterocycles. The molecular formula is C22H23ClN4O3S2. The summed E-state index contributed by atoms with van der Waals surface area (Å²) in [6.07, 6.45) is 1.63. The van der Waals surface area contributed by atoms with Gasteiger partial charge in [0, 0.05) is 18.5 Å². The molecule has 0 atom stereocenters. The first-order chi connectivity index (χ1) is 15.2. The Kier molecular flexibility index (Phi) is 7.76. The normalized spacial score (nSPS) is 10.9. The van der Waals surface area contributed by atoms with Gasteiger partial charge in [0.2, 0.25) is 11.8 Å². The molecule has 0 aliphatic carbocycles. The average Bonchev–Trinajstić information content (AvgIpc) is 3.03. The van der Waals surface area contributed by atoms with Gasteiger partial charge in [-0.05, 0) is 31.5 Å². The number of anilines is 1. The summed E-state index contributed by atoms with van der Waals surface area (Å²) in [7, 11) is 1.55. The lowest BCUT2D eigenvalue weighted by atomic mass is 10.2. The molecule has 0 aliphatic rings. The van der Waals surface area contributed by atoms with E-state index in [0.29, 0.717) is 32.6 Å². The summed E-state index contributed by atoms with van der Waals surface area (Å²) in [4.78, 5) is 45.6. The molecule has 1 aromatic carbocycles. The van der Waals surface area contributed by atoms with E-state index in [1.54, 1.807) is 37.4 Å². The number of halogens is 1. The molecule has 0 fully saturated rings. The summed E-state index contributed by atoms with van der Waals surface area (Å²) in [6.45, 7) is 7.76. The van der Waals surface area contributed by atoms with Crippen LogP contribution in [0.3, 0.4) is 0 Å². The van der Waals surface area contributed by atoms with E-state index < -0.39 is 0 Å². The van der Waals surface area contributed by atoms with Gasteiger partial charge >= 0.3 is 0 Å². The Labute approximate surface area is 199 Å². The minimum Gasteiger partial charge on any atom is -0.336 e. The number of nitrogens with zero attached hydrogens (tertiary/aromatic N) is 3. The summed E-state index contributed by atoms with van der Waals surface area (Å²) in [5.74, 6) is -0.581. The standard InChI is InChI=1S/C22H23ClN4O3S2/c1-5-10-27-21(30)19-13(2)14(3)32-20(19)25-22(27)31-12-18(29)26(4)11-17(28)24-16-9-7-6-8-15(16)23/h5-9H,1,10-12H2,2-4H3,(H,24,28). The average molecular weight is 491 g/mol. The highest BCUT2D eigenvalue weighted by molar-refractivity contribution is 7.99. The molecular weight excluding hydrogens is 468 g/mol. The van der Waals surface area contributed by atoms with Crippen molar-refractivity contribution < 1.29 is 9.59 Å². The molecule has 1 N–H and O–H groups in total. The molecule has 0 bridgehead atoms. The lowest BCUT2D eigenvalue weighted by Gasteiger charge is -2.17. The summed E-state index contributed by atoms with van der Waals surface area (Å²) in [5, 5.41) is 4.17. The summed E-state index contributed by atoms with van der Waals surface area (Å²) in [6, 6.07) is 6.88. The molecule has 2 amide bonds. The second-order valence-corrected chi connectivity index (χ2v) is 9.68. The molecule has 0 radical (unpaired) electrons. The number of thioether (sulfide) groups is 1. The highest BCUT2D eigenvalue weighted by Gasteiger charge is 2.19. The van der Waals surface area contributed by atoms with Crippen LogP contribution in [-0.4, -0.2) is 45.6 Å². The first kappa shape index (κ1) is 24.0. The van der Waals surface area contributed by atoms with Crippen LogP contribution < -0.4 is 10.9 Å². The Morgan fingerprint density at radius 1 is 1.34 bits per heavy atom. The fraction of sp³-hybridized carbons (Fsp3) is 0.273. The Morgan fingerprint density at radius 3 is 2.75 bits per heavy atom. The number of hydrogen-bond acceptors (Lipinski definition) is 6. The maximum atomic E-state index is 13.0. The number of allylic oxidation sites excluding steroid dienone is 1. The predicted molar refractivity (Wildman–Crippen MR) is 132 cm³/mol. The second-order valence-electron chi connectivity index (χ2n) is 7.13. The third-order valence-corrected chi connectivity index (χ3v) is 7.24. The topological polar surface area (TPSA) is 84.3 Å². The van der Waals surface area contributed by atoms with Gasteiger partial charge in [-0.2, -0.15) is 0 Å². The highest BCUT2D eigenvalue weighted by Crippen LogP contribution is 2.28. The van der Waals surface area contributed by atoms with Crippen LogP contribution in [0.2, 0.25) is 5.02 Å². The highest BCUT2D eigenvalue weighted by atomic mass is 35.5. The number of carbonyl (C=O) groups is 2. The zero-order chi connectivity index (χ0) is 23.4. The fourth-order valence-electron chi connectivity index (χ4n) is 3.00. The number of aromatic nitrogens is 2. The largest absolute Gasteiger partial charge is 0.336 e. The van der Waals surface area contributed by atoms with Crippen LogP contribution >= 0.6 is 34.7 Å². The van der Waals surface area contributed by atoms with Gasteiger partial charge in [-0.3, -0.25) is 19.0 Å². The number of nitrogens with one attached hydrogen (secondary N) is 1. The zero-order valence-electron chi connectivity index (χ0n) is 18.0. The third kappa shape index (κ3) is 5.23. The van der Waals surface area contributed by atoms with Crippen molar-refractivity contribution in [1.29, 1.82) is 0 Å². The molecule has 7 nitrogen and oxygen atoms in total. The van der Waals surface area contributed by atoms with Gasteiger partial charge in [-0.1, -0.05) is 41.6 Å². The number of rotatable bonds is 8. The quantitative estimate of drug-likeness (QED) is 0.292. The van der Waals surface area contributed by atoms with Gasteiger partial charge in [-0.25, -0.2) is 4.98 Å². The second kappa shape index (κ2) is 10.3. The van der Waals surface area contributed by atoms with Gasteiger partial charge in [0.05, 0.1) is 28.4 Å². The van der Waals surface area contributed by atoms with Crippen molar-refractivity contribution in [2.24, 2.45) is 0 Å². The molecule has 0 saturated carbocycles. The van der Waals surface area contributed by atoms with Crippen LogP contribution in [-0.2, 0) is 16.1 Å². The number of benzene rings is 1. The molecule has 3 aromatic rings. The van der Waals surface area contributed by atoms with Crippen LogP contribution in [0.1, 0.15) is 10.4 Å². The van der Waals surface area contributed by atoms with E-state index in [0.717, 1.165) is 10.4 Å². The van der Waals surface area contributed by atoms with Crippen molar-refractivity contribution in [3.63, 3.8) is 0 Å². The van der Waals surface area contributed by atoms with Gasteiger partial charge in [0.25, 0.3) is 5.56 Å².